The van der Waals surface area contributed by atoms with Gasteiger partial charge in [-0.1, -0.05) is 37.5 Å². The Labute approximate surface area is 118 Å². The van der Waals surface area contributed by atoms with E-state index in [-0.39, 0.29) is 11.9 Å². The van der Waals surface area contributed by atoms with Gasteiger partial charge in [-0.3, -0.25) is 4.79 Å². The first kappa shape index (κ1) is 13.2. The molecule has 20 heavy (non-hydrogen) atoms. The van der Waals surface area contributed by atoms with Gasteiger partial charge in [-0.05, 0) is 18.9 Å². The molecule has 3 N–H and O–H groups in total. The Balaban J connectivity index is 1.78. The van der Waals surface area contributed by atoms with Crippen molar-refractivity contribution >= 4 is 16.8 Å². The molecule has 4 heteroatoms. The Morgan fingerprint density at radius 1 is 1.20 bits per heavy atom. The predicted molar refractivity (Wildman–Crippen MR) is 78.6 cm³/mol. The number of aliphatic hydroxyl groups is 1. The standard InChI is InChI=1S/C16H20N2O2/c19-15-9-3-1-2-8-14(15)18-16(20)12-10-17-13-7-5-4-6-11(12)13/h4-7,10,14-15,17,19H,1-3,8-9H2,(H,18,20). The second-order valence-corrected chi connectivity index (χ2v) is 5.53. The van der Waals surface area contributed by atoms with Gasteiger partial charge >= 0.3 is 0 Å². The first-order valence-corrected chi connectivity index (χ1v) is 7.31. The van der Waals surface area contributed by atoms with Crippen molar-refractivity contribution in [3.63, 3.8) is 0 Å². The molecule has 106 valence electrons. The maximum absolute atomic E-state index is 12.4. The summed E-state index contributed by atoms with van der Waals surface area (Å²) in [6.45, 7) is 0. The second-order valence-electron chi connectivity index (χ2n) is 5.53. The van der Waals surface area contributed by atoms with Crippen molar-refractivity contribution in [2.24, 2.45) is 0 Å². The predicted octanol–water partition coefficient (Wildman–Crippen LogP) is 2.59. The molecule has 1 aromatic carbocycles. The summed E-state index contributed by atoms with van der Waals surface area (Å²) in [6, 6.07) is 7.62. The average molecular weight is 272 g/mol. The van der Waals surface area contributed by atoms with Crippen molar-refractivity contribution in [3.05, 3.63) is 36.0 Å². The average Bonchev–Trinajstić information content (AvgIpc) is 2.79. The number of hydrogen-bond donors (Lipinski definition) is 3. The van der Waals surface area contributed by atoms with Crippen LogP contribution in [-0.4, -0.2) is 28.1 Å². The Hall–Kier alpha value is -1.81. The van der Waals surface area contributed by atoms with Crippen molar-refractivity contribution in [3.8, 4) is 0 Å². The van der Waals surface area contributed by atoms with E-state index in [4.69, 9.17) is 0 Å². The molecular formula is C16H20N2O2. The monoisotopic (exact) mass is 272 g/mol. The zero-order valence-electron chi connectivity index (χ0n) is 11.4. The van der Waals surface area contributed by atoms with Crippen LogP contribution in [0.5, 0.6) is 0 Å². The lowest BCUT2D eigenvalue weighted by Gasteiger charge is -2.21. The maximum Gasteiger partial charge on any atom is 0.253 e. The van der Waals surface area contributed by atoms with E-state index in [1.165, 1.54) is 0 Å². The third-order valence-electron chi connectivity index (χ3n) is 4.13. The normalized spacial score (nSPS) is 23.4. The molecule has 0 saturated heterocycles. The molecule has 1 aliphatic carbocycles. The highest BCUT2D eigenvalue weighted by atomic mass is 16.3. The molecular weight excluding hydrogens is 252 g/mol. The second kappa shape index (κ2) is 5.67. The molecule has 2 aromatic rings. The summed E-state index contributed by atoms with van der Waals surface area (Å²) in [4.78, 5) is 15.5. The zero-order valence-corrected chi connectivity index (χ0v) is 11.4. The number of hydrogen-bond acceptors (Lipinski definition) is 2. The van der Waals surface area contributed by atoms with E-state index in [2.05, 4.69) is 10.3 Å². The number of aromatic nitrogens is 1. The highest BCUT2D eigenvalue weighted by molar-refractivity contribution is 6.06. The number of aliphatic hydroxyl groups excluding tert-OH is 1. The number of nitrogens with one attached hydrogen (secondary N) is 2. The fraction of sp³-hybridized carbons (Fsp3) is 0.438. The molecule has 1 saturated carbocycles. The molecule has 3 rings (SSSR count). The molecule has 1 fully saturated rings. The smallest absolute Gasteiger partial charge is 0.253 e. The highest BCUT2D eigenvalue weighted by Gasteiger charge is 2.24. The summed E-state index contributed by atoms with van der Waals surface area (Å²) in [5.41, 5.74) is 1.61. The summed E-state index contributed by atoms with van der Waals surface area (Å²) in [5, 5.41) is 14.0. The summed E-state index contributed by atoms with van der Waals surface area (Å²) in [7, 11) is 0. The number of carbonyl (C=O) groups is 1. The van der Waals surface area contributed by atoms with E-state index < -0.39 is 6.10 Å². The van der Waals surface area contributed by atoms with Crippen LogP contribution in [0.4, 0.5) is 0 Å². The van der Waals surface area contributed by atoms with Gasteiger partial charge in [0.15, 0.2) is 0 Å². The molecule has 4 nitrogen and oxygen atoms in total. The number of H-pyrrole nitrogens is 1. The molecule has 0 bridgehead atoms. The number of fused-ring (bicyclic) bond motifs is 1. The number of carbonyl (C=O) groups excluding carboxylic acids is 1. The van der Waals surface area contributed by atoms with Crippen LogP contribution >= 0.6 is 0 Å². The molecule has 1 heterocycles. The molecule has 2 atom stereocenters. The summed E-state index contributed by atoms with van der Waals surface area (Å²) < 4.78 is 0. The van der Waals surface area contributed by atoms with Crippen LogP contribution in [0.1, 0.15) is 42.5 Å². The minimum absolute atomic E-state index is 0.103. The Morgan fingerprint density at radius 3 is 2.90 bits per heavy atom. The van der Waals surface area contributed by atoms with Crippen molar-refractivity contribution in [1.29, 1.82) is 0 Å². The van der Waals surface area contributed by atoms with Crippen LogP contribution in [0.25, 0.3) is 10.9 Å². The van der Waals surface area contributed by atoms with E-state index in [1.807, 2.05) is 24.3 Å². The van der Waals surface area contributed by atoms with Gasteiger partial charge in [-0.25, -0.2) is 0 Å². The molecule has 1 aromatic heterocycles. The molecule has 2 unspecified atom stereocenters. The van der Waals surface area contributed by atoms with Crippen molar-refractivity contribution in [2.75, 3.05) is 0 Å². The van der Waals surface area contributed by atoms with Crippen LogP contribution in [0, 0.1) is 0 Å². The van der Waals surface area contributed by atoms with Gasteiger partial charge in [-0.15, -0.1) is 0 Å². The van der Waals surface area contributed by atoms with E-state index in [0.29, 0.717) is 5.56 Å². The summed E-state index contributed by atoms with van der Waals surface area (Å²) in [6.07, 6.45) is 6.19. The lowest BCUT2D eigenvalue weighted by atomic mass is 10.1. The minimum atomic E-state index is -0.424. The van der Waals surface area contributed by atoms with Crippen molar-refractivity contribution in [1.82, 2.24) is 10.3 Å². The van der Waals surface area contributed by atoms with E-state index in [9.17, 15) is 9.90 Å². The summed E-state index contributed by atoms with van der Waals surface area (Å²) in [5.74, 6) is -0.103. The van der Waals surface area contributed by atoms with Crippen LogP contribution in [0.3, 0.4) is 0 Å². The molecule has 1 aliphatic rings. The lowest BCUT2D eigenvalue weighted by molar-refractivity contribution is 0.0820. The van der Waals surface area contributed by atoms with E-state index >= 15 is 0 Å². The number of aromatic amines is 1. The fourth-order valence-electron chi connectivity index (χ4n) is 2.96. The maximum atomic E-state index is 12.4. The number of benzene rings is 1. The molecule has 0 radical (unpaired) electrons. The third kappa shape index (κ3) is 2.56. The number of rotatable bonds is 2. The molecule has 1 amide bonds. The van der Waals surface area contributed by atoms with Gasteiger partial charge in [0.1, 0.15) is 0 Å². The lowest BCUT2D eigenvalue weighted by Crippen LogP contribution is -2.42. The van der Waals surface area contributed by atoms with Gasteiger partial charge in [0.05, 0.1) is 17.7 Å². The first-order chi connectivity index (χ1) is 9.75. The van der Waals surface area contributed by atoms with Gasteiger partial charge in [0.2, 0.25) is 0 Å². The van der Waals surface area contributed by atoms with Crippen LogP contribution in [0.15, 0.2) is 30.5 Å². The molecule has 0 spiro atoms. The number of amides is 1. The topological polar surface area (TPSA) is 65.1 Å². The minimum Gasteiger partial charge on any atom is -0.391 e. The quantitative estimate of drug-likeness (QED) is 0.736. The zero-order chi connectivity index (χ0) is 13.9. The highest BCUT2D eigenvalue weighted by Crippen LogP contribution is 2.21. The largest absolute Gasteiger partial charge is 0.391 e. The van der Waals surface area contributed by atoms with Gasteiger partial charge in [0, 0.05) is 17.1 Å². The Bertz CT molecular complexity index is 605. The van der Waals surface area contributed by atoms with E-state index in [1.54, 1.807) is 6.20 Å². The summed E-state index contributed by atoms with van der Waals surface area (Å²) >= 11 is 0. The van der Waals surface area contributed by atoms with Crippen LogP contribution < -0.4 is 5.32 Å². The van der Waals surface area contributed by atoms with Gasteiger partial charge in [-0.2, -0.15) is 0 Å². The molecule has 0 aliphatic heterocycles. The van der Waals surface area contributed by atoms with Crippen LogP contribution in [-0.2, 0) is 0 Å². The van der Waals surface area contributed by atoms with Gasteiger partial charge in [0.25, 0.3) is 5.91 Å². The van der Waals surface area contributed by atoms with Crippen molar-refractivity contribution in [2.45, 2.75) is 44.2 Å². The van der Waals surface area contributed by atoms with Gasteiger partial charge < -0.3 is 15.4 Å². The Kier molecular flexibility index (Phi) is 3.74. The SMILES string of the molecule is O=C(NC1CCCCCC1O)c1c[nH]c2ccccc12. The fourth-order valence-corrected chi connectivity index (χ4v) is 2.96. The van der Waals surface area contributed by atoms with Crippen molar-refractivity contribution < 1.29 is 9.90 Å². The van der Waals surface area contributed by atoms with Crippen LogP contribution in [0.2, 0.25) is 0 Å². The van der Waals surface area contributed by atoms with E-state index in [0.717, 1.165) is 43.0 Å². The first-order valence-electron chi connectivity index (χ1n) is 7.31. The Morgan fingerprint density at radius 2 is 2.00 bits per heavy atom. The third-order valence-corrected chi connectivity index (χ3v) is 4.13. The number of para-hydroxylation sites is 1.